The van der Waals surface area contributed by atoms with E-state index in [1.807, 2.05) is 22.5 Å². The summed E-state index contributed by atoms with van der Waals surface area (Å²) in [6.45, 7) is 11.0. The highest BCUT2D eigenvalue weighted by molar-refractivity contribution is 7.13. The van der Waals surface area contributed by atoms with E-state index < -0.39 is 0 Å². The molecule has 0 unspecified atom stereocenters. The first-order valence-electron chi connectivity index (χ1n) is 9.67. The van der Waals surface area contributed by atoms with E-state index in [2.05, 4.69) is 52.1 Å². The third-order valence-electron chi connectivity index (χ3n) is 5.09. The summed E-state index contributed by atoms with van der Waals surface area (Å²) in [5.41, 5.74) is 2.48. The minimum atomic E-state index is 0.0198. The Balaban J connectivity index is 1.51. The van der Waals surface area contributed by atoms with Crippen molar-refractivity contribution < 1.29 is 4.79 Å². The molecule has 1 fully saturated rings. The fraction of sp³-hybridized carbons (Fsp3) is 0.500. The van der Waals surface area contributed by atoms with Crippen LogP contribution in [0.15, 0.2) is 35.8 Å². The lowest BCUT2D eigenvalue weighted by atomic mass is 10.1. The summed E-state index contributed by atoms with van der Waals surface area (Å²) < 4.78 is 0. The lowest BCUT2D eigenvalue weighted by molar-refractivity contribution is 0.194. The molecule has 0 aliphatic carbocycles. The molecule has 2 amide bonds. The maximum absolute atomic E-state index is 12.6. The first kappa shape index (κ1) is 19.6. The van der Waals surface area contributed by atoms with Crippen LogP contribution in [-0.4, -0.2) is 60.1 Å². The maximum atomic E-state index is 12.6. The third-order valence-corrected chi connectivity index (χ3v) is 5.93. The Bertz CT molecular complexity index is 709. The second-order valence-electron chi connectivity index (χ2n) is 6.68. The predicted octanol–water partition coefficient (Wildman–Crippen LogP) is 3.02. The molecule has 7 heteroatoms. The van der Waals surface area contributed by atoms with E-state index in [0.29, 0.717) is 6.54 Å². The zero-order valence-corrected chi connectivity index (χ0v) is 17.0. The molecule has 6 nitrogen and oxygen atoms in total. The van der Waals surface area contributed by atoms with Crippen LogP contribution in [0.5, 0.6) is 0 Å². The number of carbonyl (C=O) groups is 1. The largest absolute Gasteiger partial charge is 0.345 e. The Kier molecular flexibility index (Phi) is 7.06. The highest BCUT2D eigenvalue weighted by Gasteiger charge is 2.22. The number of carbonyl (C=O) groups excluding carboxylic acids is 1. The number of urea groups is 1. The van der Waals surface area contributed by atoms with Crippen molar-refractivity contribution in [2.45, 2.75) is 26.9 Å². The van der Waals surface area contributed by atoms with Crippen molar-refractivity contribution in [3.63, 3.8) is 0 Å². The summed E-state index contributed by atoms with van der Waals surface area (Å²) in [7, 11) is 0. The van der Waals surface area contributed by atoms with Gasteiger partial charge in [-0.2, -0.15) is 0 Å². The molecule has 1 aromatic carbocycles. The van der Waals surface area contributed by atoms with Gasteiger partial charge in [-0.3, -0.25) is 4.90 Å². The van der Waals surface area contributed by atoms with Crippen LogP contribution in [0.2, 0.25) is 0 Å². The van der Waals surface area contributed by atoms with Gasteiger partial charge in [0.15, 0.2) is 5.13 Å². The standard InChI is InChI=1S/C20H29N5OS/c1-3-23(4-2)16-18-8-6-5-7-17(18)15-22-19(26)24-10-12-25(13-11-24)20-21-9-14-27-20/h5-9,14H,3-4,10-13,15-16H2,1-2H3,(H,22,26). The van der Waals surface area contributed by atoms with Crippen LogP contribution in [0.25, 0.3) is 0 Å². The number of thiazole rings is 1. The molecule has 0 bridgehead atoms. The Morgan fingerprint density at radius 1 is 1.15 bits per heavy atom. The Morgan fingerprint density at radius 2 is 1.85 bits per heavy atom. The van der Waals surface area contributed by atoms with Crippen LogP contribution in [0, 0.1) is 0 Å². The van der Waals surface area contributed by atoms with Crippen LogP contribution >= 0.6 is 11.3 Å². The van der Waals surface area contributed by atoms with E-state index in [-0.39, 0.29) is 6.03 Å². The minimum Gasteiger partial charge on any atom is -0.345 e. The molecule has 0 radical (unpaired) electrons. The second kappa shape index (κ2) is 9.71. The van der Waals surface area contributed by atoms with E-state index in [4.69, 9.17) is 0 Å². The number of benzene rings is 1. The summed E-state index contributed by atoms with van der Waals surface area (Å²) in [5, 5.41) is 6.14. The van der Waals surface area contributed by atoms with E-state index in [0.717, 1.165) is 50.9 Å². The second-order valence-corrected chi connectivity index (χ2v) is 7.55. The molecule has 1 aromatic heterocycles. The minimum absolute atomic E-state index is 0.0198. The summed E-state index contributed by atoms with van der Waals surface area (Å²) >= 11 is 1.65. The molecular weight excluding hydrogens is 358 g/mol. The average Bonchev–Trinajstić information content (AvgIpc) is 3.26. The predicted molar refractivity (Wildman–Crippen MR) is 111 cm³/mol. The van der Waals surface area contributed by atoms with Gasteiger partial charge in [-0.15, -0.1) is 11.3 Å². The summed E-state index contributed by atoms with van der Waals surface area (Å²) in [5.74, 6) is 0. The monoisotopic (exact) mass is 387 g/mol. The van der Waals surface area contributed by atoms with E-state index >= 15 is 0 Å². The van der Waals surface area contributed by atoms with Gasteiger partial charge in [0.2, 0.25) is 0 Å². The van der Waals surface area contributed by atoms with Crippen LogP contribution in [0.3, 0.4) is 0 Å². The first-order valence-corrected chi connectivity index (χ1v) is 10.6. The molecular formula is C20H29N5OS. The Hall–Kier alpha value is -2.12. The summed E-state index contributed by atoms with van der Waals surface area (Å²) in [6, 6.07) is 8.40. The number of rotatable bonds is 7. The smallest absolute Gasteiger partial charge is 0.317 e. The van der Waals surface area contributed by atoms with Crippen molar-refractivity contribution in [2.75, 3.05) is 44.2 Å². The van der Waals surface area contributed by atoms with Crippen LogP contribution < -0.4 is 10.2 Å². The van der Waals surface area contributed by atoms with Crippen molar-refractivity contribution in [1.29, 1.82) is 0 Å². The SMILES string of the molecule is CCN(CC)Cc1ccccc1CNC(=O)N1CCN(c2nccs2)CC1. The van der Waals surface area contributed by atoms with Crippen LogP contribution in [0.1, 0.15) is 25.0 Å². The molecule has 1 N–H and O–H groups in total. The van der Waals surface area contributed by atoms with E-state index in [1.54, 1.807) is 11.3 Å². The van der Waals surface area contributed by atoms with Gasteiger partial charge in [0.1, 0.15) is 0 Å². The highest BCUT2D eigenvalue weighted by atomic mass is 32.1. The van der Waals surface area contributed by atoms with E-state index in [9.17, 15) is 4.79 Å². The molecule has 0 saturated carbocycles. The quantitative estimate of drug-likeness (QED) is 0.793. The molecule has 1 saturated heterocycles. The third kappa shape index (κ3) is 5.20. The number of aromatic nitrogens is 1. The number of nitrogens with zero attached hydrogens (tertiary/aromatic N) is 4. The zero-order chi connectivity index (χ0) is 19.1. The lowest BCUT2D eigenvalue weighted by Gasteiger charge is -2.34. The number of nitrogens with one attached hydrogen (secondary N) is 1. The van der Waals surface area contributed by atoms with Crippen molar-refractivity contribution in [2.24, 2.45) is 0 Å². The normalized spacial score (nSPS) is 14.6. The lowest BCUT2D eigenvalue weighted by Crippen LogP contribution is -2.51. The van der Waals surface area contributed by atoms with Crippen molar-refractivity contribution in [3.8, 4) is 0 Å². The Labute approximate surface area is 165 Å². The van der Waals surface area contributed by atoms with Gasteiger partial charge in [-0.1, -0.05) is 38.1 Å². The van der Waals surface area contributed by atoms with E-state index in [1.165, 1.54) is 11.1 Å². The van der Waals surface area contributed by atoms with Crippen LogP contribution in [-0.2, 0) is 13.1 Å². The molecule has 1 aliphatic rings. The van der Waals surface area contributed by atoms with Crippen molar-refractivity contribution in [3.05, 3.63) is 47.0 Å². The average molecular weight is 388 g/mol. The topological polar surface area (TPSA) is 51.7 Å². The molecule has 0 spiro atoms. The maximum Gasteiger partial charge on any atom is 0.317 e. The zero-order valence-electron chi connectivity index (χ0n) is 16.2. The van der Waals surface area contributed by atoms with Gasteiger partial charge in [-0.25, -0.2) is 9.78 Å². The highest BCUT2D eigenvalue weighted by Crippen LogP contribution is 2.19. The number of amides is 2. The van der Waals surface area contributed by atoms with Gasteiger partial charge < -0.3 is 15.1 Å². The molecule has 2 heterocycles. The van der Waals surface area contributed by atoms with Gasteiger partial charge in [0.05, 0.1) is 0 Å². The fourth-order valence-corrected chi connectivity index (χ4v) is 4.02. The first-order chi connectivity index (χ1) is 13.2. The Morgan fingerprint density at radius 3 is 2.48 bits per heavy atom. The summed E-state index contributed by atoms with van der Waals surface area (Å²) in [6.07, 6.45) is 1.83. The van der Waals surface area contributed by atoms with Crippen molar-refractivity contribution in [1.82, 2.24) is 20.1 Å². The number of hydrogen-bond acceptors (Lipinski definition) is 5. The van der Waals surface area contributed by atoms with Crippen LogP contribution in [0.4, 0.5) is 9.93 Å². The molecule has 2 aromatic rings. The number of hydrogen-bond donors (Lipinski definition) is 1. The van der Waals surface area contributed by atoms with Gasteiger partial charge in [0.25, 0.3) is 0 Å². The summed E-state index contributed by atoms with van der Waals surface area (Å²) in [4.78, 5) is 23.5. The fourth-order valence-electron chi connectivity index (χ4n) is 3.33. The molecule has 3 rings (SSSR count). The van der Waals surface area contributed by atoms with Gasteiger partial charge >= 0.3 is 6.03 Å². The van der Waals surface area contributed by atoms with Crippen molar-refractivity contribution >= 4 is 22.5 Å². The molecule has 146 valence electrons. The van der Waals surface area contributed by atoms with Gasteiger partial charge in [-0.05, 0) is 24.2 Å². The number of piperazine rings is 1. The molecule has 0 atom stereocenters. The van der Waals surface area contributed by atoms with Gasteiger partial charge in [0, 0.05) is 50.8 Å². The molecule has 1 aliphatic heterocycles. The number of anilines is 1. The molecule has 27 heavy (non-hydrogen) atoms.